The van der Waals surface area contributed by atoms with E-state index >= 15 is 0 Å². The predicted octanol–water partition coefficient (Wildman–Crippen LogP) is 2.94. The van der Waals surface area contributed by atoms with E-state index in [2.05, 4.69) is 30.0 Å². The Kier molecular flexibility index (Phi) is 6.14. The summed E-state index contributed by atoms with van der Waals surface area (Å²) in [5.41, 5.74) is 2.43. The molecule has 0 aromatic heterocycles. The zero-order valence-electron chi connectivity index (χ0n) is 15.0. The first-order chi connectivity index (χ1) is 11.7. The van der Waals surface area contributed by atoms with Crippen molar-refractivity contribution in [2.24, 2.45) is 0 Å². The van der Waals surface area contributed by atoms with Crippen LogP contribution in [0.15, 0.2) is 18.2 Å². The largest absolute Gasteiger partial charge is 0.496 e. The second-order valence-corrected chi connectivity index (χ2v) is 7.25. The quantitative estimate of drug-likeness (QED) is 0.869. The Morgan fingerprint density at radius 1 is 1.21 bits per heavy atom. The van der Waals surface area contributed by atoms with Gasteiger partial charge in [-0.2, -0.15) is 0 Å². The molecule has 1 aromatic carbocycles. The molecule has 1 aliphatic heterocycles. The van der Waals surface area contributed by atoms with Gasteiger partial charge in [0.05, 0.1) is 25.9 Å². The molecule has 1 aromatic rings. The summed E-state index contributed by atoms with van der Waals surface area (Å²) in [5, 5.41) is 9.82. The number of nitrogens with zero attached hydrogens (tertiary/aromatic N) is 1. The van der Waals surface area contributed by atoms with Crippen molar-refractivity contribution in [3.05, 3.63) is 29.3 Å². The number of hydrogen-bond donors (Lipinski definition) is 1. The van der Waals surface area contributed by atoms with Gasteiger partial charge in [0.25, 0.3) is 0 Å². The highest BCUT2D eigenvalue weighted by Crippen LogP contribution is 2.28. The van der Waals surface area contributed by atoms with Gasteiger partial charge in [-0.1, -0.05) is 25.0 Å². The SMILES string of the molecule is COc1cc(CCO[C@@H]2CCCC[C@H]2N2CCC(O)C2)ccc1C. The Morgan fingerprint density at radius 2 is 2.04 bits per heavy atom. The number of likely N-dealkylation sites (tertiary alicyclic amines) is 1. The molecule has 3 rings (SSSR count). The van der Waals surface area contributed by atoms with Crippen LogP contribution in [0, 0.1) is 6.92 Å². The minimum absolute atomic E-state index is 0.146. The fraction of sp³-hybridized carbons (Fsp3) is 0.700. The van der Waals surface area contributed by atoms with Crippen LogP contribution >= 0.6 is 0 Å². The number of aliphatic hydroxyl groups is 1. The van der Waals surface area contributed by atoms with Crippen LogP contribution in [0.5, 0.6) is 5.75 Å². The normalized spacial score (nSPS) is 28.2. The Hall–Kier alpha value is -1.10. The number of benzene rings is 1. The van der Waals surface area contributed by atoms with Crippen LogP contribution in [0.25, 0.3) is 0 Å². The summed E-state index contributed by atoms with van der Waals surface area (Å²) >= 11 is 0. The molecule has 1 saturated heterocycles. The number of ether oxygens (including phenoxy) is 2. The van der Waals surface area contributed by atoms with Crippen molar-refractivity contribution < 1.29 is 14.6 Å². The third-order valence-corrected chi connectivity index (χ3v) is 5.53. The first-order valence-corrected chi connectivity index (χ1v) is 9.34. The van der Waals surface area contributed by atoms with E-state index in [9.17, 15) is 5.11 Å². The Balaban J connectivity index is 1.52. The summed E-state index contributed by atoms with van der Waals surface area (Å²) in [6.45, 7) is 4.65. The molecule has 2 aliphatic rings. The van der Waals surface area contributed by atoms with E-state index in [1.54, 1.807) is 7.11 Å². The molecule has 0 bridgehead atoms. The lowest BCUT2D eigenvalue weighted by Gasteiger charge is -2.37. The van der Waals surface area contributed by atoms with Crippen LogP contribution in [0.1, 0.15) is 43.2 Å². The van der Waals surface area contributed by atoms with Crippen molar-refractivity contribution in [2.75, 3.05) is 26.8 Å². The van der Waals surface area contributed by atoms with Crippen molar-refractivity contribution >= 4 is 0 Å². The highest BCUT2D eigenvalue weighted by molar-refractivity contribution is 5.36. The summed E-state index contributed by atoms with van der Waals surface area (Å²) in [6.07, 6.45) is 6.89. The molecule has 0 radical (unpaired) electrons. The maximum absolute atomic E-state index is 9.82. The lowest BCUT2D eigenvalue weighted by Crippen LogP contribution is -2.46. The van der Waals surface area contributed by atoms with E-state index in [1.807, 2.05) is 0 Å². The number of rotatable bonds is 6. The fourth-order valence-corrected chi connectivity index (χ4v) is 4.11. The van der Waals surface area contributed by atoms with Crippen LogP contribution in [0.3, 0.4) is 0 Å². The molecule has 134 valence electrons. The number of β-amino-alcohol motifs (C(OH)–C–C–N with tert-alkyl or cyclic N) is 1. The van der Waals surface area contributed by atoms with Gasteiger partial charge in [0.15, 0.2) is 0 Å². The second kappa shape index (κ2) is 8.32. The fourth-order valence-electron chi connectivity index (χ4n) is 4.11. The smallest absolute Gasteiger partial charge is 0.122 e. The van der Waals surface area contributed by atoms with Crippen molar-refractivity contribution in [2.45, 2.75) is 63.7 Å². The maximum atomic E-state index is 9.82. The van der Waals surface area contributed by atoms with Crippen LogP contribution in [0.4, 0.5) is 0 Å². The van der Waals surface area contributed by atoms with E-state index in [-0.39, 0.29) is 6.10 Å². The highest BCUT2D eigenvalue weighted by atomic mass is 16.5. The van der Waals surface area contributed by atoms with Crippen molar-refractivity contribution in [3.63, 3.8) is 0 Å². The Morgan fingerprint density at radius 3 is 2.79 bits per heavy atom. The molecule has 1 N–H and O–H groups in total. The van der Waals surface area contributed by atoms with Crippen LogP contribution in [-0.2, 0) is 11.2 Å². The van der Waals surface area contributed by atoms with Crippen molar-refractivity contribution in [3.8, 4) is 5.75 Å². The molecule has 0 spiro atoms. The number of hydrogen-bond acceptors (Lipinski definition) is 4. The molecule has 1 aliphatic carbocycles. The molecule has 2 fully saturated rings. The average Bonchev–Trinajstić information content (AvgIpc) is 3.03. The van der Waals surface area contributed by atoms with Gasteiger partial charge in [-0.05, 0) is 49.8 Å². The molecular formula is C20H31NO3. The van der Waals surface area contributed by atoms with Gasteiger partial charge < -0.3 is 14.6 Å². The molecule has 1 unspecified atom stereocenters. The molecule has 3 atom stereocenters. The van der Waals surface area contributed by atoms with Gasteiger partial charge in [0.2, 0.25) is 0 Å². The Labute approximate surface area is 145 Å². The van der Waals surface area contributed by atoms with Gasteiger partial charge in [0.1, 0.15) is 5.75 Å². The van der Waals surface area contributed by atoms with Crippen molar-refractivity contribution in [1.29, 1.82) is 0 Å². The summed E-state index contributed by atoms with van der Waals surface area (Å²) in [5.74, 6) is 0.953. The number of methoxy groups -OCH3 is 1. The zero-order chi connectivity index (χ0) is 16.9. The monoisotopic (exact) mass is 333 g/mol. The first-order valence-electron chi connectivity index (χ1n) is 9.34. The van der Waals surface area contributed by atoms with Gasteiger partial charge in [-0.25, -0.2) is 0 Å². The summed E-state index contributed by atoms with van der Waals surface area (Å²) in [7, 11) is 1.72. The molecule has 24 heavy (non-hydrogen) atoms. The summed E-state index contributed by atoms with van der Waals surface area (Å²) in [4.78, 5) is 2.45. The van der Waals surface area contributed by atoms with E-state index in [0.717, 1.165) is 44.7 Å². The number of aliphatic hydroxyl groups excluding tert-OH is 1. The molecular weight excluding hydrogens is 302 g/mol. The standard InChI is InChI=1S/C20H31NO3/c1-15-7-8-16(13-20(15)23-2)10-12-24-19-6-4-3-5-18(19)21-11-9-17(22)14-21/h7-8,13,17-19,22H,3-6,9-12,14H2,1-2H3/t17?,18-,19-/m1/s1. The van der Waals surface area contributed by atoms with E-state index in [1.165, 1.54) is 30.4 Å². The molecule has 4 heteroatoms. The number of aryl methyl sites for hydroxylation is 1. The van der Waals surface area contributed by atoms with Crippen LogP contribution in [-0.4, -0.2) is 55.1 Å². The molecule has 4 nitrogen and oxygen atoms in total. The van der Waals surface area contributed by atoms with Gasteiger partial charge >= 0.3 is 0 Å². The minimum Gasteiger partial charge on any atom is -0.496 e. The average molecular weight is 333 g/mol. The molecule has 1 saturated carbocycles. The summed E-state index contributed by atoms with van der Waals surface area (Å²) < 4.78 is 11.7. The van der Waals surface area contributed by atoms with Crippen LogP contribution in [0.2, 0.25) is 0 Å². The molecule has 0 amide bonds. The Bertz CT molecular complexity index is 534. The third kappa shape index (κ3) is 4.29. The van der Waals surface area contributed by atoms with Crippen molar-refractivity contribution in [1.82, 2.24) is 4.90 Å². The zero-order valence-corrected chi connectivity index (χ0v) is 15.0. The third-order valence-electron chi connectivity index (χ3n) is 5.53. The minimum atomic E-state index is -0.146. The predicted molar refractivity (Wildman–Crippen MR) is 95.6 cm³/mol. The summed E-state index contributed by atoms with van der Waals surface area (Å²) in [6, 6.07) is 6.89. The van der Waals surface area contributed by atoms with E-state index in [0.29, 0.717) is 12.1 Å². The molecule has 1 heterocycles. The van der Waals surface area contributed by atoms with Gasteiger partial charge in [-0.3, -0.25) is 4.90 Å². The van der Waals surface area contributed by atoms with Gasteiger partial charge in [0, 0.05) is 19.1 Å². The topological polar surface area (TPSA) is 41.9 Å². The first kappa shape index (κ1) is 17.7. The highest BCUT2D eigenvalue weighted by Gasteiger charge is 2.34. The second-order valence-electron chi connectivity index (χ2n) is 7.25. The van der Waals surface area contributed by atoms with E-state index in [4.69, 9.17) is 9.47 Å². The maximum Gasteiger partial charge on any atom is 0.122 e. The van der Waals surface area contributed by atoms with E-state index < -0.39 is 0 Å². The lowest BCUT2D eigenvalue weighted by molar-refractivity contribution is -0.0316. The lowest BCUT2D eigenvalue weighted by atomic mass is 9.91. The van der Waals surface area contributed by atoms with Crippen LogP contribution < -0.4 is 4.74 Å². The van der Waals surface area contributed by atoms with Gasteiger partial charge in [-0.15, -0.1) is 0 Å².